The molecule has 2 aromatic carbocycles. The molecule has 4 rings (SSSR count). The summed E-state index contributed by atoms with van der Waals surface area (Å²) in [7, 11) is 0. The number of para-hydroxylation sites is 1. The van der Waals surface area contributed by atoms with E-state index in [0.717, 1.165) is 5.75 Å². The Morgan fingerprint density at radius 1 is 1.08 bits per heavy atom. The molecule has 2 heterocycles. The second-order valence-corrected chi connectivity index (χ2v) is 6.83. The number of anilines is 1. The molecular weight excluding hydrogens is 377 g/mol. The number of hydrogen-bond acceptors (Lipinski definition) is 4. The zero-order valence-corrected chi connectivity index (χ0v) is 15.4. The normalized spacial score (nSPS) is 17.8. The van der Waals surface area contributed by atoms with Gasteiger partial charge in [-0.2, -0.15) is 0 Å². The molecule has 0 unspecified atom stereocenters. The number of rotatable bonds is 5. The first-order valence-electron chi connectivity index (χ1n) is 8.40. The van der Waals surface area contributed by atoms with E-state index in [1.54, 1.807) is 17.0 Å². The average molecular weight is 394 g/mol. The van der Waals surface area contributed by atoms with Crippen molar-refractivity contribution in [3.8, 4) is 5.75 Å². The van der Waals surface area contributed by atoms with Crippen LogP contribution in [-0.4, -0.2) is 32.3 Å². The smallest absolute Gasteiger partial charge is 0.292 e. The van der Waals surface area contributed by atoms with Crippen LogP contribution in [0.3, 0.4) is 0 Å². The standard InChI is InChI=1S/C19H17Cl2NO4/c20-15-8-7-14-17(16(15)21)22(18(23)19(14)25-11-12-26-19)9-4-10-24-13-5-2-1-3-6-13/h1-3,5-8H,4,9-12H2. The first-order valence-corrected chi connectivity index (χ1v) is 9.15. The number of ether oxygens (including phenoxy) is 3. The van der Waals surface area contributed by atoms with Crippen molar-refractivity contribution in [3.63, 3.8) is 0 Å². The van der Waals surface area contributed by atoms with Crippen LogP contribution in [0.2, 0.25) is 10.0 Å². The van der Waals surface area contributed by atoms with Gasteiger partial charge in [0, 0.05) is 12.1 Å². The summed E-state index contributed by atoms with van der Waals surface area (Å²) in [5, 5.41) is 0.719. The zero-order chi connectivity index (χ0) is 18.1. The van der Waals surface area contributed by atoms with E-state index in [0.29, 0.717) is 54.1 Å². The molecule has 0 saturated carbocycles. The van der Waals surface area contributed by atoms with Crippen LogP contribution in [0.25, 0.3) is 0 Å². The predicted octanol–water partition coefficient (Wildman–Crippen LogP) is 4.01. The van der Waals surface area contributed by atoms with E-state index in [1.807, 2.05) is 30.3 Å². The Labute approximate surface area is 161 Å². The van der Waals surface area contributed by atoms with Gasteiger partial charge < -0.3 is 19.1 Å². The molecule has 136 valence electrons. The minimum atomic E-state index is -1.40. The SMILES string of the molecule is O=C1N(CCCOc2ccccc2)c2c(ccc(Cl)c2Cl)C12OCCO2. The van der Waals surface area contributed by atoms with Gasteiger partial charge in [-0.1, -0.05) is 41.4 Å². The van der Waals surface area contributed by atoms with Gasteiger partial charge in [0.25, 0.3) is 11.7 Å². The van der Waals surface area contributed by atoms with Crippen LogP contribution in [-0.2, 0) is 20.1 Å². The van der Waals surface area contributed by atoms with Gasteiger partial charge in [-0.25, -0.2) is 0 Å². The lowest BCUT2D eigenvalue weighted by molar-refractivity contribution is -0.180. The number of benzene rings is 2. The number of nitrogens with zero attached hydrogens (tertiary/aromatic N) is 1. The molecule has 0 atom stereocenters. The Kier molecular flexibility index (Phi) is 4.80. The van der Waals surface area contributed by atoms with Crippen molar-refractivity contribution in [3.05, 3.63) is 58.1 Å². The molecule has 7 heteroatoms. The van der Waals surface area contributed by atoms with E-state index < -0.39 is 5.79 Å². The molecule has 2 aliphatic heterocycles. The summed E-state index contributed by atoms with van der Waals surface area (Å²) in [5.74, 6) is -0.876. The van der Waals surface area contributed by atoms with Crippen molar-refractivity contribution < 1.29 is 19.0 Å². The Balaban J connectivity index is 1.53. The highest BCUT2D eigenvalue weighted by Gasteiger charge is 2.56. The van der Waals surface area contributed by atoms with Crippen molar-refractivity contribution in [2.75, 3.05) is 31.3 Å². The molecule has 1 fully saturated rings. The highest BCUT2D eigenvalue weighted by molar-refractivity contribution is 6.44. The van der Waals surface area contributed by atoms with Gasteiger partial charge in [-0.15, -0.1) is 0 Å². The summed E-state index contributed by atoms with van der Waals surface area (Å²) < 4.78 is 17.1. The van der Waals surface area contributed by atoms with Crippen LogP contribution < -0.4 is 9.64 Å². The molecule has 2 aliphatic rings. The van der Waals surface area contributed by atoms with Crippen LogP contribution in [0.1, 0.15) is 12.0 Å². The summed E-state index contributed by atoms with van der Waals surface area (Å²) in [5.41, 5.74) is 1.17. The Bertz CT molecular complexity index is 822. The van der Waals surface area contributed by atoms with Crippen LogP contribution >= 0.6 is 23.2 Å². The molecule has 2 aromatic rings. The summed E-state index contributed by atoms with van der Waals surface area (Å²) in [6.07, 6.45) is 0.624. The summed E-state index contributed by atoms with van der Waals surface area (Å²) in [6, 6.07) is 12.9. The number of carbonyl (C=O) groups is 1. The summed E-state index contributed by atoms with van der Waals surface area (Å²) in [4.78, 5) is 14.6. The van der Waals surface area contributed by atoms with Crippen molar-refractivity contribution in [1.82, 2.24) is 0 Å². The first kappa shape index (κ1) is 17.6. The van der Waals surface area contributed by atoms with Crippen molar-refractivity contribution >= 4 is 34.8 Å². The lowest BCUT2D eigenvalue weighted by Crippen LogP contribution is -2.41. The van der Waals surface area contributed by atoms with Crippen molar-refractivity contribution in [2.45, 2.75) is 12.2 Å². The lowest BCUT2D eigenvalue weighted by atomic mass is 10.1. The highest BCUT2D eigenvalue weighted by atomic mass is 35.5. The number of amides is 1. The molecule has 1 spiro atoms. The van der Waals surface area contributed by atoms with E-state index >= 15 is 0 Å². The van der Waals surface area contributed by atoms with Crippen molar-refractivity contribution in [2.24, 2.45) is 0 Å². The van der Waals surface area contributed by atoms with E-state index in [-0.39, 0.29) is 5.91 Å². The Hall–Kier alpha value is -1.79. The van der Waals surface area contributed by atoms with Gasteiger partial charge in [-0.3, -0.25) is 4.79 Å². The van der Waals surface area contributed by atoms with Gasteiger partial charge in [-0.05, 0) is 30.7 Å². The highest BCUT2D eigenvalue weighted by Crippen LogP contribution is 2.50. The van der Waals surface area contributed by atoms with Gasteiger partial charge in [0.1, 0.15) is 5.75 Å². The summed E-state index contributed by atoms with van der Waals surface area (Å²) in [6.45, 7) is 1.61. The average Bonchev–Trinajstić information content (AvgIpc) is 3.23. The molecule has 5 nitrogen and oxygen atoms in total. The fourth-order valence-electron chi connectivity index (χ4n) is 3.30. The molecule has 0 radical (unpaired) electrons. The second-order valence-electron chi connectivity index (χ2n) is 6.04. The summed E-state index contributed by atoms with van der Waals surface area (Å²) >= 11 is 12.6. The molecule has 1 saturated heterocycles. The number of hydrogen-bond donors (Lipinski definition) is 0. The van der Waals surface area contributed by atoms with Gasteiger partial charge in [0.05, 0.1) is 35.6 Å². The molecule has 0 bridgehead atoms. The number of halogens is 2. The van der Waals surface area contributed by atoms with Gasteiger partial charge in [0.15, 0.2) is 0 Å². The van der Waals surface area contributed by atoms with Gasteiger partial charge in [0.2, 0.25) is 0 Å². The maximum atomic E-state index is 13.0. The van der Waals surface area contributed by atoms with E-state index in [1.165, 1.54) is 0 Å². The molecular formula is C19H17Cl2NO4. The first-order chi connectivity index (χ1) is 12.6. The minimum Gasteiger partial charge on any atom is -0.494 e. The Morgan fingerprint density at radius 3 is 2.54 bits per heavy atom. The molecule has 0 aliphatic carbocycles. The number of fused-ring (bicyclic) bond motifs is 2. The lowest BCUT2D eigenvalue weighted by Gasteiger charge is -2.22. The minimum absolute atomic E-state index is 0.270. The molecule has 26 heavy (non-hydrogen) atoms. The quantitative estimate of drug-likeness (QED) is 0.720. The molecule has 0 aromatic heterocycles. The third kappa shape index (κ3) is 2.85. The second kappa shape index (κ2) is 7.08. The fraction of sp³-hybridized carbons (Fsp3) is 0.316. The van der Waals surface area contributed by atoms with Crippen LogP contribution in [0.5, 0.6) is 5.75 Å². The maximum absolute atomic E-state index is 13.0. The molecule has 1 amide bonds. The van der Waals surface area contributed by atoms with Crippen LogP contribution in [0.15, 0.2) is 42.5 Å². The van der Waals surface area contributed by atoms with E-state index in [9.17, 15) is 4.79 Å². The van der Waals surface area contributed by atoms with Gasteiger partial charge >= 0.3 is 0 Å². The topological polar surface area (TPSA) is 48.0 Å². The largest absolute Gasteiger partial charge is 0.494 e. The zero-order valence-electron chi connectivity index (χ0n) is 13.9. The fourth-order valence-corrected chi connectivity index (χ4v) is 3.72. The van der Waals surface area contributed by atoms with Crippen LogP contribution in [0, 0.1) is 0 Å². The molecule has 0 N–H and O–H groups in total. The number of carbonyl (C=O) groups excluding carboxylic acids is 1. The Morgan fingerprint density at radius 2 is 1.81 bits per heavy atom. The van der Waals surface area contributed by atoms with E-state index in [4.69, 9.17) is 37.4 Å². The van der Waals surface area contributed by atoms with Crippen LogP contribution in [0.4, 0.5) is 5.69 Å². The van der Waals surface area contributed by atoms with Crippen molar-refractivity contribution in [1.29, 1.82) is 0 Å². The predicted molar refractivity (Wildman–Crippen MR) is 99.0 cm³/mol. The maximum Gasteiger partial charge on any atom is 0.292 e. The monoisotopic (exact) mass is 393 g/mol. The van der Waals surface area contributed by atoms with E-state index in [2.05, 4.69) is 0 Å². The third-order valence-electron chi connectivity index (χ3n) is 4.45. The third-order valence-corrected chi connectivity index (χ3v) is 5.25.